The van der Waals surface area contributed by atoms with Gasteiger partial charge in [-0.05, 0) is 42.5 Å². The number of anilines is 1. The maximum Gasteiger partial charge on any atom is 0.223 e. The van der Waals surface area contributed by atoms with E-state index in [2.05, 4.69) is 9.89 Å². The second-order valence-electron chi connectivity index (χ2n) is 5.00. The number of rotatable bonds is 2. The van der Waals surface area contributed by atoms with Crippen LogP contribution in [0.3, 0.4) is 0 Å². The zero-order valence-corrected chi connectivity index (χ0v) is 12.4. The van der Waals surface area contributed by atoms with Gasteiger partial charge in [-0.3, -0.25) is 4.90 Å². The number of benzene rings is 2. The molecule has 4 nitrogen and oxygen atoms in total. The molecule has 0 radical (unpaired) electrons. The summed E-state index contributed by atoms with van der Waals surface area (Å²) in [4.78, 5) is 6.59. The molecule has 0 saturated heterocycles. The summed E-state index contributed by atoms with van der Waals surface area (Å²) in [5.41, 5.74) is 2.02. The number of allylic oxidation sites excluding steroid dienone is 1. The molecule has 2 aliphatic heterocycles. The van der Waals surface area contributed by atoms with Crippen LogP contribution in [0.15, 0.2) is 77.0 Å². The van der Waals surface area contributed by atoms with E-state index in [0.717, 1.165) is 17.1 Å². The minimum absolute atomic E-state index is 0.182. The molecule has 0 fully saturated rings. The highest BCUT2D eigenvalue weighted by Crippen LogP contribution is 2.29. The van der Waals surface area contributed by atoms with E-state index < -0.39 is 0 Å². The van der Waals surface area contributed by atoms with Crippen molar-refractivity contribution in [1.82, 2.24) is 4.90 Å². The monoisotopic (exact) mass is 308 g/mol. The lowest BCUT2D eigenvalue weighted by molar-refractivity contribution is 0.432. The van der Waals surface area contributed by atoms with Gasteiger partial charge in [-0.1, -0.05) is 29.8 Å². The summed E-state index contributed by atoms with van der Waals surface area (Å²) in [5.74, 6) is 0.860. The second-order valence-corrected chi connectivity index (χ2v) is 5.44. The van der Waals surface area contributed by atoms with Crippen LogP contribution in [0, 0.1) is 0 Å². The maximum atomic E-state index is 5.98. The molecule has 0 N–H and O–H groups in total. The number of hydrazone groups is 1. The number of halogens is 1. The molecular formula is C17H13ClN4. The summed E-state index contributed by atoms with van der Waals surface area (Å²) in [6.45, 7) is 0. The van der Waals surface area contributed by atoms with Gasteiger partial charge in [0.15, 0.2) is 5.84 Å². The third-order valence-electron chi connectivity index (χ3n) is 3.59. The van der Waals surface area contributed by atoms with E-state index in [9.17, 15) is 0 Å². The molecular weight excluding hydrogens is 296 g/mol. The lowest BCUT2D eigenvalue weighted by atomic mass is 10.2. The first-order chi connectivity index (χ1) is 10.8. The van der Waals surface area contributed by atoms with Crippen LogP contribution >= 0.6 is 11.6 Å². The zero-order valence-electron chi connectivity index (χ0n) is 11.7. The standard InChI is InChI=1S/C17H13ClN4/c18-14-9-7-13(8-10-14)16-20-22(15-5-2-1-3-6-15)17-19-11-4-12-21(16)17/h1-12,17H. The fraction of sp³-hybridized carbons (Fsp3) is 0.0588. The van der Waals surface area contributed by atoms with Gasteiger partial charge in [-0.25, -0.2) is 10.0 Å². The summed E-state index contributed by atoms with van der Waals surface area (Å²) in [6.07, 6.45) is 5.53. The van der Waals surface area contributed by atoms with Crippen molar-refractivity contribution in [3.8, 4) is 0 Å². The topological polar surface area (TPSA) is 31.2 Å². The zero-order chi connectivity index (χ0) is 14.9. The van der Waals surface area contributed by atoms with E-state index in [1.807, 2.05) is 71.9 Å². The van der Waals surface area contributed by atoms with Crippen LogP contribution in [0.25, 0.3) is 0 Å². The van der Waals surface area contributed by atoms with Gasteiger partial charge in [0, 0.05) is 23.0 Å². The van der Waals surface area contributed by atoms with Crippen LogP contribution in [-0.4, -0.2) is 23.2 Å². The van der Waals surface area contributed by atoms with E-state index in [1.54, 1.807) is 6.21 Å². The molecule has 2 heterocycles. The van der Waals surface area contributed by atoms with E-state index in [1.165, 1.54) is 0 Å². The molecule has 0 bridgehead atoms. The molecule has 1 unspecified atom stereocenters. The highest BCUT2D eigenvalue weighted by molar-refractivity contribution is 6.30. The maximum absolute atomic E-state index is 5.98. The van der Waals surface area contributed by atoms with Gasteiger partial charge in [-0.15, -0.1) is 5.10 Å². The Morgan fingerprint density at radius 2 is 1.73 bits per heavy atom. The van der Waals surface area contributed by atoms with Crippen molar-refractivity contribution >= 4 is 29.3 Å². The first-order valence-electron chi connectivity index (χ1n) is 7.00. The smallest absolute Gasteiger partial charge is 0.223 e. The van der Waals surface area contributed by atoms with Crippen LogP contribution in [0.4, 0.5) is 5.69 Å². The predicted molar refractivity (Wildman–Crippen MR) is 90.2 cm³/mol. The Hall–Kier alpha value is -2.59. The Morgan fingerprint density at radius 1 is 0.955 bits per heavy atom. The average molecular weight is 309 g/mol. The van der Waals surface area contributed by atoms with Gasteiger partial charge in [0.2, 0.25) is 6.29 Å². The molecule has 0 amide bonds. The van der Waals surface area contributed by atoms with Crippen LogP contribution in [0.1, 0.15) is 5.56 Å². The molecule has 0 aromatic heterocycles. The number of aliphatic imine (C=N–C) groups is 1. The normalized spacial score (nSPS) is 19.3. The fourth-order valence-electron chi connectivity index (χ4n) is 2.55. The van der Waals surface area contributed by atoms with Crippen molar-refractivity contribution in [2.75, 3.05) is 5.01 Å². The van der Waals surface area contributed by atoms with Gasteiger partial charge in [0.1, 0.15) is 0 Å². The second kappa shape index (κ2) is 5.31. The number of hydrogen-bond donors (Lipinski definition) is 0. The lowest BCUT2D eigenvalue weighted by Gasteiger charge is -2.27. The lowest BCUT2D eigenvalue weighted by Crippen LogP contribution is -2.39. The first kappa shape index (κ1) is 13.1. The number of hydrogen-bond acceptors (Lipinski definition) is 4. The van der Waals surface area contributed by atoms with Gasteiger partial charge in [-0.2, -0.15) is 0 Å². The number of para-hydroxylation sites is 1. The molecule has 2 aromatic carbocycles. The highest BCUT2D eigenvalue weighted by Gasteiger charge is 2.34. The van der Waals surface area contributed by atoms with Gasteiger partial charge in [0.25, 0.3) is 0 Å². The van der Waals surface area contributed by atoms with E-state index in [0.29, 0.717) is 5.02 Å². The third kappa shape index (κ3) is 2.18. The molecule has 5 heteroatoms. The molecule has 22 heavy (non-hydrogen) atoms. The third-order valence-corrected chi connectivity index (χ3v) is 3.84. The highest BCUT2D eigenvalue weighted by atomic mass is 35.5. The van der Waals surface area contributed by atoms with Crippen molar-refractivity contribution in [2.24, 2.45) is 10.1 Å². The van der Waals surface area contributed by atoms with Crippen molar-refractivity contribution in [3.63, 3.8) is 0 Å². The molecule has 108 valence electrons. The van der Waals surface area contributed by atoms with Gasteiger partial charge in [0.05, 0.1) is 5.69 Å². The largest absolute Gasteiger partial charge is 0.289 e. The van der Waals surface area contributed by atoms with Gasteiger partial charge >= 0.3 is 0 Å². The van der Waals surface area contributed by atoms with Crippen LogP contribution < -0.4 is 5.01 Å². The molecule has 0 saturated carbocycles. The van der Waals surface area contributed by atoms with Crippen LogP contribution in [0.2, 0.25) is 5.02 Å². The van der Waals surface area contributed by atoms with Crippen molar-refractivity contribution in [2.45, 2.75) is 6.29 Å². The Bertz CT molecular complexity index is 765. The molecule has 0 spiro atoms. The summed E-state index contributed by atoms with van der Waals surface area (Å²) in [5, 5.41) is 7.41. The Kier molecular flexibility index (Phi) is 3.16. The Labute approximate surface area is 133 Å². The first-order valence-corrected chi connectivity index (χ1v) is 7.38. The van der Waals surface area contributed by atoms with Gasteiger partial charge < -0.3 is 0 Å². The molecule has 4 rings (SSSR count). The fourth-order valence-corrected chi connectivity index (χ4v) is 2.68. The molecule has 2 aliphatic rings. The van der Waals surface area contributed by atoms with Crippen molar-refractivity contribution in [3.05, 3.63) is 77.5 Å². The SMILES string of the molecule is Clc1ccc(C2=NN(c3ccccc3)C3N=CC=CN23)cc1. The minimum atomic E-state index is -0.182. The van der Waals surface area contributed by atoms with E-state index >= 15 is 0 Å². The quantitative estimate of drug-likeness (QED) is 0.847. The molecule has 1 atom stereocenters. The summed E-state index contributed by atoms with van der Waals surface area (Å²) < 4.78 is 0. The summed E-state index contributed by atoms with van der Waals surface area (Å²) >= 11 is 5.98. The average Bonchev–Trinajstić information content (AvgIpc) is 2.96. The summed E-state index contributed by atoms with van der Waals surface area (Å²) in [7, 11) is 0. The number of amidine groups is 1. The number of nitrogens with zero attached hydrogens (tertiary/aromatic N) is 4. The van der Waals surface area contributed by atoms with E-state index in [-0.39, 0.29) is 6.29 Å². The Morgan fingerprint density at radius 3 is 2.50 bits per heavy atom. The molecule has 0 aliphatic carbocycles. The minimum Gasteiger partial charge on any atom is -0.289 e. The van der Waals surface area contributed by atoms with Crippen LogP contribution in [0.5, 0.6) is 0 Å². The van der Waals surface area contributed by atoms with Crippen molar-refractivity contribution in [1.29, 1.82) is 0 Å². The van der Waals surface area contributed by atoms with Crippen molar-refractivity contribution < 1.29 is 0 Å². The Balaban J connectivity index is 1.78. The summed E-state index contributed by atoms with van der Waals surface area (Å²) in [6, 6.07) is 17.7. The number of fused-ring (bicyclic) bond motifs is 1. The molecule has 2 aromatic rings. The van der Waals surface area contributed by atoms with E-state index in [4.69, 9.17) is 16.7 Å². The predicted octanol–water partition coefficient (Wildman–Crippen LogP) is 3.71. The van der Waals surface area contributed by atoms with Crippen LogP contribution in [-0.2, 0) is 0 Å².